The van der Waals surface area contributed by atoms with E-state index < -0.39 is 0 Å². The number of anilines is 1. The molecule has 0 spiro atoms. The molecule has 17 heavy (non-hydrogen) atoms. The van der Waals surface area contributed by atoms with Crippen molar-refractivity contribution in [3.8, 4) is 11.5 Å². The zero-order valence-corrected chi connectivity index (χ0v) is 11.6. The monoisotopic (exact) mass is 255 g/mol. The van der Waals surface area contributed by atoms with Gasteiger partial charge < -0.3 is 14.8 Å². The van der Waals surface area contributed by atoms with Gasteiger partial charge in [0.05, 0.1) is 19.9 Å². The van der Waals surface area contributed by atoms with Gasteiger partial charge >= 0.3 is 0 Å². The molecule has 1 aromatic rings. The standard InChI is InChI=1S/C13H21NO2S/c1-4-17-9-5-8-14-12-7-6-11(15-2)10-13(12)16-3/h6-7,10,14H,4-5,8-9H2,1-3H3. The highest BCUT2D eigenvalue weighted by Gasteiger charge is 2.03. The van der Waals surface area contributed by atoms with Crippen molar-refractivity contribution < 1.29 is 9.47 Å². The van der Waals surface area contributed by atoms with Crippen molar-refractivity contribution in [2.45, 2.75) is 13.3 Å². The first kappa shape index (κ1) is 14.0. The van der Waals surface area contributed by atoms with E-state index in [0.29, 0.717) is 0 Å². The fourth-order valence-electron chi connectivity index (χ4n) is 1.49. The number of ether oxygens (including phenoxy) is 2. The first-order valence-corrected chi connectivity index (χ1v) is 7.01. The topological polar surface area (TPSA) is 30.5 Å². The minimum absolute atomic E-state index is 0.814. The summed E-state index contributed by atoms with van der Waals surface area (Å²) in [5.74, 6) is 4.02. The predicted molar refractivity (Wildman–Crippen MR) is 75.7 cm³/mol. The molecular formula is C13H21NO2S. The molecule has 0 atom stereocenters. The van der Waals surface area contributed by atoms with E-state index in [1.54, 1.807) is 14.2 Å². The van der Waals surface area contributed by atoms with Crippen molar-refractivity contribution in [3.05, 3.63) is 18.2 Å². The number of benzene rings is 1. The highest BCUT2D eigenvalue weighted by Crippen LogP contribution is 2.28. The van der Waals surface area contributed by atoms with Crippen LogP contribution in [-0.2, 0) is 0 Å². The Hall–Kier alpha value is -1.03. The molecule has 0 amide bonds. The maximum Gasteiger partial charge on any atom is 0.145 e. The van der Waals surface area contributed by atoms with Gasteiger partial charge in [-0.25, -0.2) is 0 Å². The zero-order chi connectivity index (χ0) is 12.5. The third-order valence-corrected chi connectivity index (χ3v) is 3.38. The largest absolute Gasteiger partial charge is 0.497 e. The summed E-state index contributed by atoms with van der Waals surface area (Å²) in [5, 5.41) is 3.38. The number of methoxy groups -OCH3 is 2. The van der Waals surface area contributed by atoms with Gasteiger partial charge in [-0.3, -0.25) is 0 Å². The molecule has 3 nitrogen and oxygen atoms in total. The summed E-state index contributed by atoms with van der Waals surface area (Å²) in [6.45, 7) is 3.15. The second kappa shape index (κ2) is 8.12. The lowest BCUT2D eigenvalue weighted by atomic mass is 10.2. The van der Waals surface area contributed by atoms with Crippen LogP contribution in [0.1, 0.15) is 13.3 Å². The Bertz CT molecular complexity index is 331. The lowest BCUT2D eigenvalue weighted by molar-refractivity contribution is 0.395. The summed E-state index contributed by atoms with van der Waals surface area (Å²) in [6, 6.07) is 5.82. The fourth-order valence-corrected chi connectivity index (χ4v) is 2.12. The lowest BCUT2D eigenvalue weighted by Gasteiger charge is -2.12. The molecule has 0 unspecified atom stereocenters. The van der Waals surface area contributed by atoms with Crippen LogP contribution in [0.25, 0.3) is 0 Å². The molecule has 0 saturated carbocycles. The Morgan fingerprint density at radius 3 is 2.71 bits per heavy atom. The summed E-state index contributed by atoms with van der Waals surface area (Å²) >= 11 is 1.97. The van der Waals surface area contributed by atoms with E-state index in [1.165, 1.54) is 11.5 Å². The third-order valence-electron chi connectivity index (χ3n) is 2.39. The number of hydrogen-bond donors (Lipinski definition) is 1. The average Bonchev–Trinajstić information content (AvgIpc) is 2.38. The molecule has 96 valence electrons. The first-order chi connectivity index (χ1) is 8.31. The molecule has 0 fully saturated rings. The lowest BCUT2D eigenvalue weighted by Crippen LogP contribution is -2.04. The molecule has 0 radical (unpaired) electrons. The van der Waals surface area contributed by atoms with Crippen LogP contribution in [0, 0.1) is 0 Å². The molecule has 0 bridgehead atoms. The summed E-state index contributed by atoms with van der Waals surface area (Å²) < 4.78 is 10.5. The highest BCUT2D eigenvalue weighted by molar-refractivity contribution is 7.99. The van der Waals surface area contributed by atoms with Crippen LogP contribution in [-0.4, -0.2) is 32.3 Å². The van der Waals surface area contributed by atoms with Gasteiger partial charge in [-0.2, -0.15) is 11.8 Å². The Morgan fingerprint density at radius 2 is 2.06 bits per heavy atom. The minimum atomic E-state index is 0.814. The van der Waals surface area contributed by atoms with Crippen LogP contribution in [0.3, 0.4) is 0 Å². The van der Waals surface area contributed by atoms with Gasteiger partial charge in [0, 0.05) is 12.6 Å². The Morgan fingerprint density at radius 1 is 1.24 bits per heavy atom. The van der Waals surface area contributed by atoms with Crippen LogP contribution in [0.4, 0.5) is 5.69 Å². The molecule has 0 saturated heterocycles. The van der Waals surface area contributed by atoms with Gasteiger partial charge in [-0.05, 0) is 30.1 Å². The van der Waals surface area contributed by atoms with Crippen molar-refractivity contribution in [3.63, 3.8) is 0 Å². The molecule has 1 N–H and O–H groups in total. The van der Waals surface area contributed by atoms with Crippen LogP contribution >= 0.6 is 11.8 Å². The molecule has 1 rings (SSSR count). The third kappa shape index (κ3) is 4.77. The van der Waals surface area contributed by atoms with Crippen LogP contribution in [0.15, 0.2) is 18.2 Å². The molecule has 0 aliphatic rings. The van der Waals surface area contributed by atoms with E-state index in [-0.39, 0.29) is 0 Å². The molecule has 4 heteroatoms. The molecule has 1 aromatic carbocycles. The quantitative estimate of drug-likeness (QED) is 0.722. The SMILES string of the molecule is CCSCCCNc1ccc(OC)cc1OC. The van der Waals surface area contributed by atoms with Crippen LogP contribution < -0.4 is 14.8 Å². The summed E-state index contributed by atoms with van der Waals surface area (Å²) in [5.41, 5.74) is 1.02. The van der Waals surface area contributed by atoms with Gasteiger partial charge in [0.1, 0.15) is 11.5 Å². The van der Waals surface area contributed by atoms with Gasteiger partial charge in [0.15, 0.2) is 0 Å². The van der Waals surface area contributed by atoms with E-state index >= 15 is 0 Å². The van der Waals surface area contributed by atoms with Crippen molar-refractivity contribution in [1.82, 2.24) is 0 Å². The van der Waals surface area contributed by atoms with Gasteiger partial charge in [0.25, 0.3) is 0 Å². The Kier molecular flexibility index (Phi) is 6.70. The normalized spacial score (nSPS) is 10.1. The summed E-state index contributed by atoms with van der Waals surface area (Å²) in [6.07, 6.45) is 1.16. The second-order valence-corrected chi connectivity index (χ2v) is 4.94. The van der Waals surface area contributed by atoms with E-state index in [0.717, 1.165) is 30.2 Å². The van der Waals surface area contributed by atoms with E-state index in [1.807, 2.05) is 30.0 Å². The number of thioether (sulfide) groups is 1. The van der Waals surface area contributed by atoms with Crippen molar-refractivity contribution >= 4 is 17.4 Å². The average molecular weight is 255 g/mol. The van der Waals surface area contributed by atoms with Crippen LogP contribution in [0.5, 0.6) is 11.5 Å². The molecule has 0 aliphatic heterocycles. The van der Waals surface area contributed by atoms with Crippen molar-refractivity contribution in [2.24, 2.45) is 0 Å². The molecular weight excluding hydrogens is 234 g/mol. The van der Waals surface area contributed by atoms with Crippen molar-refractivity contribution in [2.75, 3.05) is 37.6 Å². The maximum absolute atomic E-state index is 5.32. The van der Waals surface area contributed by atoms with E-state index in [2.05, 4.69) is 12.2 Å². The maximum atomic E-state index is 5.32. The number of rotatable bonds is 8. The van der Waals surface area contributed by atoms with Crippen LogP contribution in [0.2, 0.25) is 0 Å². The van der Waals surface area contributed by atoms with Gasteiger partial charge in [-0.15, -0.1) is 0 Å². The van der Waals surface area contributed by atoms with Gasteiger partial charge in [0.2, 0.25) is 0 Å². The van der Waals surface area contributed by atoms with Gasteiger partial charge in [-0.1, -0.05) is 6.92 Å². The zero-order valence-electron chi connectivity index (χ0n) is 10.8. The number of nitrogens with one attached hydrogen (secondary N) is 1. The fraction of sp³-hybridized carbons (Fsp3) is 0.538. The Balaban J connectivity index is 2.46. The first-order valence-electron chi connectivity index (χ1n) is 5.85. The molecule has 0 aromatic heterocycles. The summed E-state index contributed by atoms with van der Waals surface area (Å²) in [4.78, 5) is 0. The minimum Gasteiger partial charge on any atom is -0.497 e. The van der Waals surface area contributed by atoms with Crippen molar-refractivity contribution in [1.29, 1.82) is 0 Å². The van der Waals surface area contributed by atoms with E-state index in [4.69, 9.17) is 9.47 Å². The van der Waals surface area contributed by atoms with E-state index in [9.17, 15) is 0 Å². The molecule has 0 heterocycles. The Labute approximate surface area is 108 Å². The molecule has 0 aliphatic carbocycles. The number of hydrogen-bond acceptors (Lipinski definition) is 4. The smallest absolute Gasteiger partial charge is 0.145 e. The second-order valence-electron chi connectivity index (χ2n) is 3.54. The summed E-state index contributed by atoms with van der Waals surface area (Å²) in [7, 11) is 3.33. The predicted octanol–water partition coefficient (Wildman–Crippen LogP) is 3.26. The highest BCUT2D eigenvalue weighted by atomic mass is 32.2.